The number of nitrogens with zero attached hydrogens (tertiary/aromatic N) is 1. The smallest absolute Gasteiger partial charge is 0.120 e. The molecule has 1 N–H and O–H groups in total. The number of rotatable bonds is 0. The van der Waals surface area contributed by atoms with Crippen LogP contribution in [-0.2, 0) is 0 Å². The zero-order valence-electron chi connectivity index (χ0n) is 4.72. The van der Waals surface area contributed by atoms with Crippen LogP contribution in [0.15, 0.2) is 11.6 Å². The molecule has 0 aliphatic carbocycles. The van der Waals surface area contributed by atoms with Crippen LogP contribution in [-0.4, -0.2) is 9.97 Å². The normalized spacial score (nSPS) is 10.8. The van der Waals surface area contributed by atoms with Gasteiger partial charge < -0.3 is 4.98 Å². The molecule has 0 amide bonds. The second-order valence-electron chi connectivity index (χ2n) is 1.86. The van der Waals surface area contributed by atoms with Crippen LogP contribution in [0.4, 0.5) is 0 Å². The third-order valence-electron chi connectivity index (χ3n) is 1.18. The van der Waals surface area contributed by atoms with Crippen molar-refractivity contribution in [2.24, 2.45) is 0 Å². The lowest BCUT2D eigenvalue weighted by Gasteiger charge is -1.73. The minimum atomic E-state index is 0.935. The Bertz CT molecular complexity index is 292. The average Bonchev–Trinajstić information content (AvgIpc) is 2.22. The van der Waals surface area contributed by atoms with Gasteiger partial charge in [0.2, 0.25) is 0 Å². The fraction of sp³-hybridized carbons (Fsp3) is 0. The van der Waals surface area contributed by atoms with Crippen molar-refractivity contribution in [3.63, 3.8) is 0 Å². The molecule has 0 bridgehead atoms. The van der Waals surface area contributed by atoms with Crippen molar-refractivity contribution in [3.05, 3.63) is 24.2 Å². The zero-order chi connectivity index (χ0) is 6.27. The lowest BCUT2D eigenvalue weighted by Crippen LogP contribution is -1.61. The van der Waals surface area contributed by atoms with E-state index in [2.05, 4.69) is 16.9 Å². The molecule has 0 aromatic carbocycles. The van der Waals surface area contributed by atoms with Gasteiger partial charge in [-0.15, -0.1) is 11.3 Å². The van der Waals surface area contributed by atoms with Gasteiger partial charge in [-0.3, -0.25) is 0 Å². The molecule has 2 aromatic heterocycles. The molecule has 0 saturated carbocycles. The standard InChI is InChI=1S/C6H5N2S/c1-4-2-5-6(8-4)9-3-7-5/h2-3,8H,1H2. The van der Waals surface area contributed by atoms with Crippen molar-refractivity contribution in [1.82, 2.24) is 9.97 Å². The lowest BCUT2D eigenvalue weighted by atomic mass is 10.5. The summed E-state index contributed by atoms with van der Waals surface area (Å²) in [6, 6.07) is 1.94. The predicted molar refractivity (Wildman–Crippen MR) is 38.4 cm³/mol. The Hall–Kier alpha value is -0.830. The van der Waals surface area contributed by atoms with E-state index in [1.807, 2.05) is 11.6 Å². The first kappa shape index (κ1) is 4.99. The monoisotopic (exact) mass is 137 g/mol. The molecule has 45 valence electrons. The van der Waals surface area contributed by atoms with Crippen LogP contribution < -0.4 is 0 Å². The summed E-state index contributed by atoms with van der Waals surface area (Å²) in [5.74, 6) is 0. The molecule has 0 saturated heterocycles. The molecule has 0 unspecified atom stereocenters. The van der Waals surface area contributed by atoms with E-state index < -0.39 is 0 Å². The van der Waals surface area contributed by atoms with E-state index in [1.54, 1.807) is 11.3 Å². The van der Waals surface area contributed by atoms with Gasteiger partial charge in [0.1, 0.15) is 4.83 Å². The number of H-pyrrole nitrogens is 1. The first-order chi connectivity index (χ1) is 4.36. The Morgan fingerprint density at radius 2 is 2.56 bits per heavy atom. The number of aromatic amines is 1. The Kier molecular flexibility index (Phi) is 0.873. The molecule has 0 aliphatic heterocycles. The molecule has 9 heavy (non-hydrogen) atoms. The quantitative estimate of drug-likeness (QED) is 0.589. The summed E-state index contributed by atoms with van der Waals surface area (Å²) in [7, 11) is 0. The predicted octanol–water partition coefficient (Wildman–Crippen LogP) is 1.81. The van der Waals surface area contributed by atoms with Crippen LogP contribution >= 0.6 is 11.3 Å². The molecule has 0 atom stereocenters. The summed E-state index contributed by atoms with van der Waals surface area (Å²) in [6.07, 6.45) is 0. The number of thiazole rings is 1. The van der Waals surface area contributed by atoms with E-state index in [1.165, 1.54) is 0 Å². The van der Waals surface area contributed by atoms with Crippen LogP contribution in [0.3, 0.4) is 0 Å². The maximum absolute atomic E-state index is 4.09. The van der Waals surface area contributed by atoms with E-state index in [4.69, 9.17) is 0 Å². The van der Waals surface area contributed by atoms with Crippen LogP contribution in [0.1, 0.15) is 5.69 Å². The second kappa shape index (κ2) is 1.57. The maximum atomic E-state index is 4.09. The molecule has 2 rings (SSSR count). The highest BCUT2D eigenvalue weighted by molar-refractivity contribution is 7.16. The summed E-state index contributed by atoms with van der Waals surface area (Å²) in [4.78, 5) is 8.28. The van der Waals surface area contributed by atoms with Gasteiger partial charge in [-0.05, 0) is 13.0 Å². The van der Waals surface area contributed by atoms with E-state index in [9.17, 15) is 0 Å². The van der Waals surface area contributed by atoms with Crippen molar-refractivity contribution in [2.75, 3.05) is 0 Å². The fourth-order valence-corrected chi connectivity index (χ4v) is 1.49. The number of aromatic nitrogens is 2. The molecule has 2 heterocycles. The molecule has 2 aromatic rings. The first-order valence-corrected chi connectivity index (χ1v) is 3.48. The van der Waals surface area contributed by atoms with Gasteiger partial charge in [0.05, 0.1) is 11.0 Å². The average molecular weight is 137 g/mol. The molecule has 0 aliphatic rings. The third-order valence-corrected chi connectivity index (χ3v) is 1.94. The second-order valence-corrected chi connectivity index (χ2v) is 2.72. The molecular weight excluding hydrogens is 132 g/mol. The summed E-state index contributed by atoms with van der Waals surface area (Å²) in [5, 5.41) is 0. The van der Waals surface area contributed by atoms with E-state index in [-0.39, 0.29) is 0 Å². The van der Waals surface area contributed by atoms with Crippen molar-refractivity contribution in [2.45, 2.75) is 0 Å². The number of fused-ring (bicyclic) bond motifs is 1. The largest absolute Gasteiger partial charge is 0.349 e. The topological polar surface area (TPSA) is 28.7 Å². The Morgan fingerprint density at radius 3 is 3.33 bits per heavy atom. The van der Waals surface area contributed by atoms with Crippen LogP contribution in [0.5, 0.6) is 0 Å². The Balaban J connectivity index is 2.92. The minimum absolute atomic E-state index is 0.935. The van der Waals surface area contributed by atoms with Gasteiger partial charge in [-0.1, -0.05) is 0 Å². The van der Waals surface area contributed by atoms with Crippen LogP contribution in [0.2, 0.25) is 0 Å². The van der Waals surface area contributed by atoms with Gasteiger partial charge >= 0.3 is 0 Å². The SMILES string of the molecule is [CH2]c1cc2ncsc2[nH]1. The fourth-order valence-electron chi connectivity index (χ4n) is 0.798. The highest BCUT2D eigenvalue weighted by Gasteiger charge is 1.96. The van der Waals surface area contributed by atoms with E-state index >= 15 is 0 Å². The van der Waals surface area contributed by atoms with Gasteiger partial charge in [-0.2, -0.15) is 0 Å². The molecule has 1 radical (unpaired) electrons. The summed E-state index contributed by atoms with van der Waals surface area (Å²) < 4.78 is 0. The molecular formula is C6H5N2S. The van der Waals surface area contributed by atoms with Crippen LogP contribution in [0, 0.1) is 6.92 Å². The van der Waals surface area contributed by atoms with Gasteiger partial charge in [0.25, 0.3) is 0 Å². The third kappa shape index (κ3) is 0.650. The van der Waals surface area contributed by atoms with Gasteiger partial charge in [0.15, 0.2) is 0 Å². The Labute approximate surface area is 56.5 Å². The Morgan fingerprint density at radius 1 is 1.67 bits per heavy atom. The highest BCUT2D eigenvalue weighted by Crippen LogP contribution is 2.16. The summed E-state index contributed by atoms with van der Waals surface area (Å²) in [6.45, 7) is 3.74. The van der Waals surface area contributed by atoms with Crippen molar-refractivity contribution < 1.29 is 0 Å². The van der Waals surface area contributed by atoms with Gasteiger partial charge in [0, 0.05) is 5.69 Å². The zero-order valence-corrected chi connectivity index (χ0v) is 5.53. The summed E-state index contributed by atoms with van der Waals surface area (Å²) in [5.41, 5.74) is 3.77. The molecule has 2 nitrogen and oxygen atoms in total. The molecule has 0 fully saturated rings. The van der Waals surface area contributed by atoms with Crippen molar-refractivity contribution in [3.8, 4) is 0 Å². The van der Waals surface area contributed by atoms with E-state index in [0.717, 1.165) is 16.0 Å². The minimum Gasteiger partial charge on any atom is -0.349 e. The first-order valence-electron chi connectivity index (χ1n) is 2.60. The number of hydrogen-bond acceptors (Lipinski definition) is 2. The molecule has 3 heteroatoms. The lowest BCUT2D eigenvalue weighted by molar-refractivity contribution is 1.41. The van der Waals surface area contributed by atoms with Gasteiger partial charge in [-0.25, -0.2) is 4.98 Å². The number of hydrogen-bond donors (Lipinski definition) is 1. The van der Waals surface area contributed by atoms with Crippen molar-refractivity contribution in [1.29, 1.82) is 0 Å². The van der Waals surface area contributed by atoms with Crippen molar-refractivity contribution >= 4 is 21.7 Å². The maximum Gasteiger partial charge on any atom is 0.120 e. The summed E-state index contributed by atoms with van der Waals surface area (Å²) >= 11 is 1.60. The highest BCUT2D eigenvalue weighted by atomic mass is 32.1. The van der Waals surface area contributed by atoms with Crippen LogP contribution in [0.25, 0.3) is 10.3 Å². The number of nitrogens with one attached hydrogen (secondary N) is 1. The molecule has 0 spiro atoms. The van der Waals surface area contributed by atoms with E-state index in [0.29, 0.717) is 0 Å².